The molecule has 17 heavy (non-hydrogen) atoms. The molecule has 2 amide bonds. The first kappa shape index (κ1) is 12.6. The van der Waals surface area contributed by atoms with Crippen LogP contribution in [-0.4, -0.2) is 43.9 Å². The Kier molecular flexibility index (Phi) is 4.23. The van der Waals surface area contributed by atoms with Crippen molar-refractivity contribution >= 4 is 6.03 Å². The summed E-state index contributed by atoms with van der Waals surface area (Å²) in [5, 5.41) is 9.18. The number of amides is 2. The first-order valence-corrected chi connectivity index (χ1v) is 6.63. The van der Waals surface area contributed by atoms with Crippen molar-refractivity contribution in [2.75, 3.05) is 26.2 Å². The number of hydrogen-bond acceptors (Lipinski definition) is 3. The van der Waals surface area contributed by atoms with Gasteiger partial charge in [-0.25, -0.2) is 4.79 Å². The van der Waals surface area contributed by atoms with Crippen LogP contribution in [0.25, 0.3) is 0 Å². The van der Waals surface area contributed by atoms with Gasteiger partial charge in [-0.05, 0) is 32.6 Å². The largest absolute Gasteiger partial charge is 0.372 e. The molecule has 1 saturated heterocycles. The second-order valence-corrected chi connectivity index (χ2v) is 4.99. The van der Waals surface area contributed by atoms with Gasteiger partial charge >= 0.3 is 6.03 Å². The van der Waals surface area contributed by atoms with Crippen LogP contribution in [0, 0.1) is 0 Å². The smallest absolute Gasteiger partial charge is 0.314 e. The van der Waals surface area contributed by atoms with Crippen LogP contribution in [0.4, 0.5) is 4.79 Å². The standard InChI is InChI=1S/C12H23N3O2/c1-2-14-11(16)15-10-3-5-12(6-4-10)9-13-7-8-17-12/h10,13H,2-9H2,1H3,(H2,14,15,16). The molecule has 1 heterocycles. The zero-order valence-electron chi connectivity index (χ0n) is 10.6. The fourth-order valence-corrected chi connectivity index (χ4v) is 2.71. The molecule has 1 aliphatic carbocycles. The van der Waals surface area contributed by atoms with E-state index in [2.05, 4.69) is 16.0 Å². The van der Waals surface area contributed by atoms with E-state index < -0.39 is 0 Å². The SMILES string of the molecule is CCNC(=O)NC1CCC2(CC1)CNCCO2. The minimum absolute atomic E-state index is 0.0393. The van der Waals surface area contributed by atoms with E-state index in [0.717, 1.165) is 45.4 Å². The summed E-state index contributed by atoms with van der Waals surface area (Å²) in [5.41, 5.74) is 0.0393. The highest BCUT2D eigenvalue weighted by atomic mass is 16.5. The van der Waals surface area contributed by atoms with Gasteiger partial charge < -0.3 is 20.7 Å². The monoisotopic (exact) mass is 241 g/mol. The minimum atomic E-state index is -0.0452. The van der Waals surface area contributed by atoms with Crippen molar-refractivity contribution in [3.8, 4) is 0 Å². The summed E-state index contributed by atoms with van der Waals surface area (Å²) in [6, 6.07) is 0.258. The number of carbonyl (C=O) groups excluding carboxylic acids is 1. The molecule has 0 aromatic heterocycles. The van der Waals surface area contributed by atoms with Crippen molar-refractivity contribution in [3.05, 3.63) is 0 Å². The Morgan fingerprint density at radius 3 is 2.82 bits per heavy atom. The lowest BCUT2D eigenvalue weighted by Gasteiger charge is -2.42. The highest BCUT2D eigenvalue weighted by molar-refractivity contribution is 5.74. The van der Waals surface area contributed by atoms with Gasteiger partial charge in [0.25, 0.3) is 0 Å². The lowest BCUT2D eigenvalue weighted by atomic mass is 9.81. The Balaban J connectivity index is 1.75. The Morgan fingerprint density at radius 1 is 1.47 bits per heavy atom. The molecule has 0 atom stereocenters. The molecule has 5 nitrogen and oxygen atoms in total. The zero-order chi connectivity index (χ0) is 12.1. The second-order valence-electron chi connectivity index (χ2n) is 4.99. The number of rotatable bonds is 2. The van der Waals surface area contributed by atoms with Gasteiger partial charge in [0.15, 0.2) is 0 Å². The molecule has 2 fully saturated rings. The molecule has 98 valence electrons. The number of hydrogen-bond donors (Lipinski definition) is 3. The van der Waals surface area contributed by atoms with Crippen LogP contribution >= 0.6 is 0 Å². The molecule has 0 aromatic carbocycles. The van der Waals surface area contributed by atoms with Gasteiger partial charge in [-0.3, -0.25) is 0 Å². The second kappa shape index (κ2) is 5.69. The van der Waals surface area contributed by atoms with Gasteiger partial charge in [-0.15, -0.1) is 0 Å². The van der Waals surface area contributed by atoms with Crippen LogP contribution in [-0.2, 0) is 4.74 Å². The van der Waals surface area contributed by atoms with Crippen molar-refractivity contribution in [1.29, 1.82) is 0 Å². The summed E-state index contributed by atoms with van der Waals surface area (Å²) in [6.07, 6.45) is 4.10. The normalized spacial score (nSPS) is 33.4. The molecule has 1 saturated carbocycles. The third kappa shape index (κ3) is 3.33. The first-order valence-electron chi connectivity index (χ1n) is 6.63. The van der Waals surface area contributed by atoms with E-state index in [4.69, 9.17) is 4.74 Å². The molecule has 1 aliphatic heterocycles. The van der Waals surface area contributed by atoms with Crippen LogP contribution in [0.1, 0.15) is 32.6 Å². The maximum absolute atomic E-state index is 11.4. The molecule has 0 aromatic rings. The van der Waals surface area contributed by atoms with E-state index in [-0.39, 0.29) is 11.6 Å². The zero-order valence-corrected chi connectivity index (χ0v) is 10.6. The number of morpholine rings is 1. The first-order chi connectivity index (χ1) is 8.24. The van der Waals surface area contributed by atoms with Crippen molar-refractivity contribution in [1.82, 2.24) is 16.0 Å². The Bertz CT molecular complexity index is 254. The van der Waals surface area contributed by atoms with Crippen LogP contribution < -0.4 is 16.0 Å². The summed E-state index contributed by atoms with van der Waals surface area (Å²) in [5.74, 6) is 0. The average Bonchev–Trinajstić information content (AvgIpc) is 2.34. The average molecular weight is 241 g/mol. The predicted molar refractivity (Wildman–Crippen MR) is 66.0 cm³/mol. The third-order valence-corrected chi connectivity index (χ3v) is 3.70. The van der Waals surface area contributed by atoms with Gasteiger partial charge in [-0.2, -0.15) is 0 Å². The fourth-order valence-electron chi connectivity index (χ4n) is 2.71. The van der Waals surface area contributed by atoms with Gasteiger partial charge in [0.1, 0.15) is 0 Å². The molecule has 2 rings (SSSR count). The lowest BCUT2D eigenvalue weighted by molar-refractivity contribution is -0.0907. The molecular formula is C12H23N3O2. The van der Waals surface area contributed by atoms with E-state index in [9.17, 15) is 4.79 Å². The Hall–Kier alpha value is -0.810. The quantitative estimate of drug-likeness (QED) is 0.663. The molecule has 0 radical (unpaired) electrons. The van der Waals surface area contributed by atoms with E-state index in [1.54, 1.807) is 0 Å². The van der Waals surface area contributed by atoms with Crippen LogP contribution in [0.3, 0.4) is 0 Å². The van der Waals surface area contributed by atoms with Crippen LogP contribution in [0.15, 0.2) is 0 Å². The van der Waals surface area contributed by atoms with Crippen molar-refractivity contribution in [2.24, 2.45) is 0 Å². The number of urea groups is 1. The highest BCUT2D eigenvalue weighted by Gasteiger charge is 2.37. The van der Waals surface area contributed by atoms with Crippen molar-refractivity contribution in [2.45, 2.75) is 44.2 Å². The Morgan fingerprint density at radius 2 is 2.24 bits per heavy atom. The van der Waals surface area contributed by atoms with E-state index in [1.165, 1.54) is 0 Å². The summed E-state index contributed by atoms with van der Waals surface area (Å²) < 4.78 is 5.92. The summed E-state index contributed by atoms with van der Waals surface area (Å²) in [6.45, 7) is 5.34. The molecule has 0 unspecified atom stereocenters. The van der Waals surface area contributed by atoms with Gasteiger partial charge in [-0.1, -0.05) is 0 Å². The summed E-state index contributed by atoms with van der Waals surface area (Å²) in [4.78, 5) is 11.4. The van der Waals surface area contributed by atoms with Gasteiger partial charge in [0.05, 0.1) is 12.2 Å². The van der Waals surface area contributed by atoms with Crippen LogP contribution in [0.5, 0.6) is 0 Å². The van der Waals surface area contributed by atoms with E-state index in [0.29, 0.717) is 12.6 Å². The maximum atomic E-state index is 11.4. The Labute approximate surface area is 103 Å². The fraction of sp³-hybridized carbons (Fsp3) is 0.917. The molecule has 5 heteroatoms. The molecule has 2 aliphatic rings. The summed E-state index contributed by atoms with van der Waals surface area (Å²) in [7, 11) is 0. The maximum Gasteiger partial charge on any atom is 0.314 e. The number of nitrogens with one attached hydrogen (secondary N) is 3. The van der Waals surface area contributed by atoms with Gasteiger partial charge in [0.2, 0.25) is 0 Å². The number of ether oxygens (including phenoxy) is 1. The number of carbonyl (C=O) groups is 1. The molecule has 1 spiro atoms. The molecule has 3 N–H and O–H groups in total. The predicted octanol–water partition coefficient (Wildman–Crippen LogP) is 0.607. The minimum Gasteiger partial charge on any atom is -0.372 e. The summed E-state index contributed by atoms with van der Waals surface area (Å²) >= 11 is 0. The van der Waals surface area contributed by atoms with E-state index in [1.807, 2.05) is 6.92 Å². The third-order valence-electron chi connectivity index (χ3n) is 3.70. The van der Waals surface area contributed by atoms with Crippen molar-refractivity contribution < 1.29 is 9.53 Å². The topological polar surface area (TPSA) is 62.4 Å². The highest BCUT2D eigenvalue weighted by Crippen LogP contribution is 2.32. The van der Waals surface area contributed by atoms with Gasteiger partial charge in [0, 0.05) is 25.7 Å². The van der Waals surface area contributed by atoms with E-state index >= 15 is 0 Å². The molecule has 0 bridgehead atoms. The lowest BCUT2D eigenvalue weighted by Crippen LogP contribution is -2.54. The van der Waals surface area contributed by atoms with Crippen LogP contribution in [0.2, 0.25) is 0 Å². The molecular weight excluding hydrogens is 218 g/mol. The van der Waals surface area contributed by atoms with Crippen molar-refractivity contribution in [3.63, 3.8) is 0 Å².